The van der Waals surface area contributed by atoms with Crippen LogP contribution in [0.2, 0.25) is 0 Å². The third-order valence-electron chi connectivity index (χ3n) is 7.27. The van der Waals surface area contributed by atoms with Crippen molar-refractivity contribution >= 4 is 23.5 Å². The van der Waals surface area contributed by atoms with E-state index in [2.05, 4.69) is 26.2 Å². The van der Waals surface area contributed by atoms with Gasteiger partial charge >= 0.3 is 6.09 Å². The lowest BCUT2D eigenvalue weighted by Gasteiger charge is -2.31. The van der Waals surface area contributed by atoms with Crippen molar-refractivity contribution in [3.63, 3.8) is 0 Å². The molecule has 3 aromatic rings. The van der Waals surface area contributed by atoms with E-state index in [9.17, 15) is 14.4 Å². The molecule has 1 aliphatic heterocycles. The number of Topliss-reactive ketones (excluding diaryl/α,β-unsaturated/α-hetero) is 1. The molecule has 0 atom stereocenters. The van der Waals surface area contributed by atoms with E-state index in [1.807, 2.05) is 54.6 Å². The molecule has 43 heavy (non-hydrogen) atoms. The van der Waals surface area contributed by atoms with Crippen LogP contribution in [0.15, 0.2) is 78.9 Å². The maximum absolute atomic E-state index is 12.7. The predicted molar refractivity (Wildman–Crippen MR) is 167 cm³/mol. The van der Waals surface area contributed by atoms with E-state index >= 15 is 0 Å². The van der Waals surface area contributed by atoms with Crippen LogP contribution in [0.3, 0.4) is 0 Å². The molecule has 5 N–H and O–H groups in total. The summed E-state index contributed by atoms with van der Waals surface area (Å²) < 4.78 is 5.73. The summed E-state index contributed by atoms with van der Waals surface area (Å²) in [6, 6.07) is 24.3. The first-order chi connectivity index (χ1) is 21.0. The van der Waals surface area contributed by atoms with Gasteiger partial charge in [0, 0.05) is 62.5 Å². The minimum atomic E-state index is -0.446. The van der Waals surface area contributed by atoms with Crippen LogP contribution in [0.25, 0.3) is 11.1 Å². The number of nitrogens with one attached hydrogen (secondary N) is 4. The quantitative estimate of drug-likeness (QED) is 0.135. The van der Waals surface area contributed by atoms with Crippen molar-refractivity contribution in [1.82, 2.24) is 20.9 Å². The van der Waals surface area contributed by atoms with Crippen LogP contribution in [-0.2, 0) is 4.74 Å². The molecule has 1 saturated heterocycles. The molecule has 0 saturated carbocycles. The van der Waals surface area contributed by atoms with Crippen molar-refractivity contribution in [3.05, 3.63) is 90.0 Å². The number of amides is 2. The molecule has 10 heteroatoms. The van der Waals surface area contributed by atoms with E-state index in [0.29, 0.717) is 37.3 Å². The van der Waals surface area contributed by atoms with Crippen LogP contribution in [0.1, 0.15) is 33.6 Å². The molecule has 10 nitrogen and oxygen atoms in total. The minimum absolute atomic E-state index is 0.0477. The number of carbonyl (C=O) groups is 3. The Morgan fingerprint density at radius 2 is 1.56 bits per heavy atom. The predicted octanol–water partition coefficient (Wildman–Crippen LogP) is 3.15. The number of ketones is 1. The van der Waals surface area contributed by atoms with E-state index in [-0.39, 0.29) is 30.9 Å². The molecule has 4 rings (SSSR count). The van der Waals surface area contributed by atoms with Crippen LogP contribution in [-0.4, -0.2) is 92.9 Å². The number of nitrogens with zero attached hydrogens (tertiary/aromatic N) is 1. The molecule has 3 aromatic carbocycles. The number of aliphatic hydroxyl groups excluding tert-OH is 1. The minimum Gasteiger partial charge on any atom is -0.446 e. The van der Waals surface area contributed by atoms with Gasteiger partial charge < -0.3 is 30.7 Å². The highest BCUT2D eigenvalue weighted by atomic mass is 16.6. The van der Waals surface area contributed by atoms with Gasteiger partial charge in [0.15, 0.2) is 5.78 Å². The number of rotatable bonds is 15. The molecule has 1 heterocycles. The third-order valence-corrected chi connectivity index (χ3v) is 7.27. The highest BCUT2D eigenvalue weighted by Gasteiger charge is 2.22. The Hall–Kier alpha value is -4.09. The van der Waals surface area contributed by atoms with Gasteiger partial charge in [0.05, 0.1) is 18.8 Å². The van der Waals surface area contributed by atoms with E-state index in [4.69, 9.17) is 9.84 Å². The van der Waals surface area contributed by atoms with Crippen molar-refractivity contribution in [2.75, 3.05) is 64.3 Å². The van der Waals surface area contributed by atoms with Gasteiger partial charge in [-0.05, 0) is 36.6 Å². The Labute approximate surface area is 252 Å². The number of carbonyl (C=O) groups excluding carboxylic acids is 3. The summed E-state index contributed by atoms with van der Waals surface area (Å²) in [7, 11) is 0. The molecule has 0 aromatic heterocycles. The first kappa shape index (κ1) is 31.8. The first-order valence-electron chi connectivity index (χ1n) is 14.8. The normalized spacial score (nSPS) is 13.8. The van der Waals surface area contributed by atoms with Crippen molar-refractivity contribution < 1.29 is 24.2 Å². The molecule has 1 fully saturated rings. The average Bonchev–Trinajstić information content (AvgIpc) is 3.04. The third kappa shape index (κ3) is 10.3. The second kappa shape index (κ2) is 17.1. The lowest BCUT2D eigenvalue weighted by Crippen LogP contribution is -2.42. The van der Waals surface area contributed by atoms with Gasteiger partial charge in [-0.2, -0.15) is 0 Å². The lowest BCUT2D eigenvalue weighted by atomic mass is 10.0. The Bertz CT molecular complexity index is 1330. The molecule has 0 unspecified atom stereocenters. The number of piperidine rings is 1. The average molecular weight is 588 g/mol. The Morgan fingerprint density at radius 1 is 0.814 bits per heavy atom. The number of anilines is 1. The fraction of sp³-hybridized carbons (Fsp3) is 0.364. The smallest absolute Gasteiger partial charge is 0.411 e. The second-order valence-electron chi connectivity index (χ2n) is 10.4. The maximum atomic E-state index is 12.7. The summed E-state index contributed by atoms with van der Waals surface area (Å²) in [5.41, 5.74) is 3.61. The zero-order valence-corrected chi connectivity index (χ0v) is 24.4. The molecule has 0 radical (unpaired) electrons. The summed E-state index contributed by atoms with van der Waals surface area (Å²) in [5, 5.41) is 20.7. The van der Waals surface area contributed by atoms with Crippen LogP contribution < -0.4 is 21.3 Å². The highest BCUT2D eigenvalue weighted by Crippen LogP contribution is 2.28. The highest BCUT2D eigenvalue weighted by molar-refractivity contribution is 6.01. The number of hydrogen-bond acceptors (Lipinski definition) is 8. The van der Waals surface area contributed by atoms with Gasteiger partial charge in [0.1, 0.15) is 6.10 Å². The largest absolute Gasteiger partial charge is 0.446 e. The number of ether oxygens (including phenoxy) is 1. The summed E-state index contributed by atoms with van der Waals surface area (Å²) in [6.07, 6.45) is 0.910. The van der Waals surface area contributed by atoms with Gasteiger partial charge in [0.2, 0.25) is 0 Å². The van der Waals surface area contributed by atoms with Crippen molar-refractivity contribution in [2.24, 2.45) is 0 Å². The van der Waals surface area contributed by atoms with Crippen molar-refractivity contribution in [2.45, 2.75) is 18.9 Å². The molecule has 0 spiro atoms. The van der Waals surface area contributed by atoms with E-state index in [0.717, 1.165) is 49.3 Å². The standard InChI is InChI=1S/C33H41N5O5/c39-22-18-34-15-16-36-32(41)27-10-6-9-26(23-27)31(40)24-35-17-21-38-19-13-28(14-20-38)43-33(42)37-30-12-5-4-11-29(30)25-7-2-1-3-8-25/h1-12,23,28,34-35,39H,13-22,24H2,(H,36,41)(H,37,42). The first-order valence-corrected chi connectivity index (χ1v) is 14.8. The molecule has 1 aliphatic rings. The summed E-state index contributed by atoms with van der Waals surface area (Å²) in [6.45, 7) is 4.73. The van der Waals surface area contributed by atoms with Crippen molar-refractivity contribution in [1.29, 1.82) is 0 Å². The number of aliphatic hydroxyl groups is 1. The molecular formula is C33H41N5O5. The topological polar surface area (TPSA) is 132 Å². The summed E-state index contributed by atoms with van der Waals surface area (Å²) >= 11 is 0. The van der Waals surface area contributed by atoms with Gasteiger partial charge in [-0.15, -0.1) is 0 Å². The Kier molecular flexibility index (Phi) is 12.7. The number of benzene rings is 3. The van der Waals surface area contributed by atoms with Crippen LogP contribution in [0.4, 0.5) is 10.5 Å². The second-order valence-corrected chi connectivity index (χ2v) is 10.4. The molecule has 228 valence electrons. The SMILES string of the molecule is O=C(Nc1ccccc1-c1ccccc1)OC1CCN(CCNCC(=O)c2cccc(C(=O)NCCNCCO)c2)CC1. The van der Waals surface area contributed by atoms with Gasteiger partial charge in [0.25, 0.3) is 5.91 Å². The van der Waals surface area contributed by atoms with Crippen molar-refractivity contribution in [3.8, 4) is 11.1 Å². The monoisotopic (exact) mass is 587 g/mol. The Balaban J connectivity index is 1.12. The van der Waals surface area contributed by atoms with E-state index < -0.39 is 6.09 Å². The number of hydrogen-bond donors (Lipinski definition) is 5. The maximum Gasteiger partial charge on any atom is 0.411 e. The van der Waals surface area contributed by atoms with Crippen LogP contribution in [0, 0.1) is 0 Å². The van der Waals surface area contributed by atoms with Gasteiger partial charge in [-0.25, -0.2) is 4.79 Å². The zero-order chi connectivity index (χ0) is 30.3. The van der Waals surface area contributed by atoms with E-state index in [1.165, 1.54) is 0 Å². The molecule has 0 bridgehead atoms. The summed E-state index contributed by atoms with van der Waals surface area (Å²) in [4.78, 5) is 40.0. The lowest BCUT2D eigenvalue weighted by molar-refractivity contribution is 0.0593. The fourth-order valence-corrected chi connectivity index (χ4v) is 4.95. The van der Waals surface area contributed by atoms with Gasteiger partial charge in [-0.3, -0.25) is 14.9 Å². The number of likely N-dealkylation sites (tertiary alicyclic amines) is 1. The van der Waals surface area contributed by atoms with E-state index in [1.54, 1.807) is 24.3 Å². The Morgan fingerprint density at radius 3 is 2.35 bits per heavy atom. The molecule has 0 aliphatic carbocycles. The summed E-state index contributed by atoms with van der Waals surface area (Å²) in [5.74, 6) is -0.318. The van der Waals surface area contributed by atoms with Crippen LogP contribution in [0.5, 0.6) is 0 Å². The molecular weight excluding hydrogens is 546 g/mol. The fourth-order valence-electron chi connectivity index (χ4n) is 4.95. The number of para-hydroxylation sites is 1. The zero-order valence-electron chi connectivity index (χ0n) is 24.4. The molecule has 2 amide bonds. The van der Waals surface area contributed by atoms with Crippen LogP contribution >= 0.6 is 0 Å². The van der Waals surface area contributed by atoms with Gasteiger partial charge in [-0.1, -0.05) is 60.7 Å².